The van der Waals surface area contributed by atoms with E-state index in [0.717, 1.165) is 53.9 Å². The van der Waals surface area contributed by atoms with Crippen LogP contribution in [0.5, 0.6) is 0 Å². The molecular weight excluding hydrogens is 450 g/mol. The van der Waals surface area contributed by atoms with Gasteiger partial charge in [0.05, 0.1) is 29.8 Å². The first-order valence-corrected chi connectivity index (χ1v) is 13.1. The fraction of sp³-hybridized carbons (Fsp3) is 0.517. The first-order chi connectivity index (χ1) is 17.4. The SMILES string of the molecule is COCCN(C)C(=O)c1cc(-c2nc3c(cc2-c2cnn(CC4(C)CCCC4)c2)CCC3)cnc1C. The number of nitrogens with zero attached hydrogens (tertiary/aromatic N) is 5. The molecule has 2 aliphatic rings. The van der Waals surface area contributed by atoms with E-state index in [2.05, 4.69) is 28.9 Å². The summed E-state index contributed by atoms with van der Waals surface area (Å²) in [6.07, 6.45) is 14.3. The average molecular weight is 488 g/mol. The van der Waals surface area contributed by atoms with E-state index in [1.165, 1.54) is 31.2 Å². The summed E-state index contributed by atoms with van der Waals surface area (Å²) < 4.78 is 7.25. The van der Waals surface area contributed by atoms with E-state index in [1.807, 2.05) is 25.4 Å². The van der Waals surface area contributed by atoms with Crippen LogP contribution >= 0.6 is 0 Å². The molecule has 5 rings (SSSR count). The van der Waals surface area contributed by atoms with Gasteiger partial charge in [-0.25, -0.2) is 0 Å². The van der Waals surface area contributed by atoms with Crippen molar-refractivity contribution in [3.63, 3.8) is 0 Å². The molecule has 3 heterocycles. The van der Waals surface area contributed by atoms with E-state index in [4.69, 9.17) is 14.8 Å². The number of ether oxygens (including phenoxy) is 1. The van der Waals surface area contributed by atoms with E-state index >= 15 is 0 Å². The van der Waals surface area contributed by atoms with Crippen molar-refractivity contribution in [3.05, 3.63) is 53.2 Å². The second-order valence-corrected chi connectivity index (χ2v) is 10.9. The van der Waals surface area contributed by atoms with Crippen molar-refractivity contribution in [2.24, 2.45) is 5.41 Å². The predicted octanol–water partition coefficient (Wildman–Crippen LogP) is 5.10. The Bertz CT molecular complexity index is 1260. The number of hydrogen-bond acceptors (Lipinski definition) is 5. The summed E-state index contributed by atoms with van der Waals surface area (Å²) in [4.78, 5) is 24.6. The van der Waals surface area contributed by atoms with Crippen LogP contribution in [0, 0.1) is 12.3 Å². The minimum Gasteiger partial charge on any atom is -0.383 e. The van der Waals surface area contributed by atoms with Crippen molar-refractivity contribution in [2.45, 2.75) is 65.3 Å². The van der Waals surface area contributed by atoms with Crippen LogP contribution in [0.25, 0.3) is 22.4 Å². The third-order valence-corrected chi connectivity index (χ3v) is 7.92. The van der Waals surface area contributed by atoms with Crippen LogP contribution in [-0.4, -0.2) is 57.9 Å². The number of aryl methyl sites for hydroxylation is 3. The lowest BCUT2D eigenvalue weighted by Crippen LogP contribution is -2.30. The summed E-state index contributed by atoms with van der Waals surface area (Å²) >= 11 is 0. The zero-order chi connectivity index (χ0) is 25.3. The molecule has 0 radical (unpaired) electrons. The number of methoxy groups -OCH3 is 1. The van der Waals surface area contributed by atoms with Gasteiger partial charge in [-0.3, -0.25) is 19.4 Å². The summed E-state index contributed by atoms with van der Waals surface area (Å²) in [5, 5.41) is 4.74. The molecule has 0 aliphatic heterocycles. The molecule has 0 bridgehead atoms. The van der Waals surface area contributed by atoms with Crippen LogP contribution in [0.1, 0.15) is 66.3 Å². The molecule has 7 nitrogen and oxygen atoms in total. The van der Waals surface area contributed by atoms with E-state index in [0.29, 0.717) is 29.8 Å². The van der Waals surface area contributed by atoms with Crippen molar-refractivity contribution < 1.29 is 9.53 Å². The van der Waals surface area contributed by atoms with Crippen molar-refractivity contribution >= 4 is 5.91 Å². The molecule has 0 unspecified atom stereocenters. The Morgan fingerprint density at radius 3 is 2.72 bits per heavy atom. The molecule has 36 heavy (non-hydrogen) atoms. The van der Waals surface area contributed by atoms with Crippen molar-refractivity contribution in [1.29, 1.82) is 0 Å². The van der Waals surface area contributed by atoms with Gasteiger partial charge in [0, 0.05) is 62.0 Å². The van der Waals surface area contributed by atoms with Crippen LogP contribution in [0.15, 0.2) is 30.7 Å². The van der Waals surface area contributed by atoms with Crippen LogP contribution < -0.4 is 0 Å². The smallest absolute Gasteiger partial charge is 0.255 e. The molecule has 1 saturated carbocycles. The first kappa shape index (κ1) is 24.6. The molecule has 7 heteroatoms. The Morgan fingerprint density at radius 1 is 1.14 bits per heavy atom. The number of fused-ring (bicyclic) bond motifs is 1. The zero-order valence-electron chi connectivity index (χ0n) is 22.0. The van der Waals surface area contributed by atoms with Gasteiger partial charge in [0.2, 0.25) is 0 Å². The normalized spacial score (nSPS) is 16.3. The number of hydrogen-bond donors (Lipinski definition) is 0. The van der Waals surface area contributed by atoms with E-state index < -0.39 is 0 Å². The van der Waals surface area contributed by atoms with Gasteiger partial charge in [0.15, 0.2) is 0 Å². The highest BCUT2D eigenvalue weighted by Gasteiger charge is 2.29. The third kappa shape index (κ3) is 4.94. The Hall–Kier alpha value is -3.06. The predicted molar refractivity (Wildman–Crippen MR) is 141 cm³/mol. The van der Waals surface area contributed by atoms with Gasteiger partial charge in [0.25, 0.3) is 5.91 Å². The molecule has 3 aromatic heterocycles. The molecule has 3 aromatic rings. The molecule has 1 fully saturated rings. The molecule has 0 saturated heterocycles. The highest BCUT2D eigenvalue weighted by molar-refractivity contribution is 5.96. The van der Waals surface area contributed by atoms with E-state index in [9.17, 15) is 4.79 Å². The number of amides is 1. The minimum absolute atomic E-state index is 0.0563. The molecule has 0 atom stereocenters. The molecule has 2 aliphatic carbocycles. The standard InChI is InChI=1S/C29H37N5O2/c1-20-24(28(35)33(3)12-13-36-4)15-22(16-30-20)27-25(14-21-8-7-9-26(21)32-27)23-17-31-34(18-23)19-29(2)10-5-6-11-29/h14-18H,5-13,19H2,1-4H3. The lowest BCUT2D eigenvalue weighted by molar-refractivity contribution is 0.0743. The summed E-state index contributed by atoms with van der Waals surface area (Å²) in [7, 11) is 3.44. The average Bonchev–Trinajstić information content (AvgIpc) is 3.63. The molecular formula is C29H37N5O2. The second kappa shape index (κ2) is 10.1. The lowest BCUT2D eigenvalue weighted by Gasteiger charge is -2.23. The third-order valence-electron chi connectivity index (χ3n) is 7.92. The van der Waals surface area contributed by atoms with Crippen LogP contribution in [0.2, 0.25) is 0 Å². The zero-order valence-corrected chi connectivity index (χ0v) is 22.0. The summed E-state index contributed by atoms with van der Waals surface area (Å²) in [5.41, 5.74) is 8.00. The summed E-state index contributed by atoms with van der Waals surface area (Å²) in [5.74, 6) is -0.0563. The Balaban J connectivity index is 1.52. The second-order valence-electron chi connectivity index (χ2n) is 10.9. The van der Waals surface area contributed by atoms with Gasteiger partial charge in [0.1, 0.15) is 0 Å². The topological polar surface area (TPSA) is 73.1 Å². The van der Waals surface area contributed by atoms with Crippen LogP contribution in [0.3, 0.4) is 0 Å². The van der Waals surface area contributed by atoms with Crippen molar-refractivity contribution in [3.8, 4) is 22.4 Å². The molecule has 190 valence electrons. The number of carbonyl (C=O) groups excluding carboxylic acids is 1. The highest BCUT2D eigenvalue weighted by atomic mass is 16.5. The fourth-order valence-corrected chi connectivity index (χ4v) is 5.69. The maximum Gasteiger partial charge on any atom is 0.255 e. The van der Waals surface area contributed by atoms with Gasteiger partial charge < -0.3 is 9.64 Å². The maximum atomic E-state index is 13.2. The quantitative estimate of drug-likeness (QED) is 0.442. The maximum absolute atomic E-state index is 13.2. The lowest BCUT2D eigenvalue weighted by atomic mass is 9.89. The van der Waals surface area contributed by atoms with Crippen LogP contribution in [0.4, 0.5) is 0 Å². The van der Waals surface area contributed by atoms with Crippen LogP contribution in [-0.2, 0) is 24.1 Å². The summed E-state index contributed by atoms with van der Waals surface area (Å²) in [6, 6.07) is 4.24. The number of carbonyl (C=O) groups is 1. The molecule has 0 N–H and O–H groups in total. The minimum atomic E-state index is -0.0563. The van der Waals surface area contributed by atoms with Gasteiger partial charge in [-0.15, -0.1) is 0 Å². The number of aromatic nitrogens is 4. The molecule has 1 amide bonds. The Morgan fingerprint density at radius 2 is 1.94 bits per heavy atom. The molecule has 0 aromatic carbocycles. The van der Waals surface area contributed by atoms with E-state index in [-0.39, 0.29) is 5.91 Å². The van der Waals surface area contributed by atoms with Crippen molar-refractivity contribution in [1.82, 2.24) is 24.6 Å². The Kier molecular flexibility index (Phi) is 6.93. The molecule has 0 spiro atoms. The summed E-state index contributed by atoms with van der Waals surface area (Å²) in [6.45, 7) is 6.22. The Labute approximate surface area is 213 Å². The van der Waals surface area contributed by atoms with Gasteiger partial charge in [-0.1, -0.05) is 19.8 Å². The number of pyridine rings is 2. The van der Waals surface area contributed by atoms with E-state index in [1.54, 1.807) is 19.1 Å². The van der Waals surface area contributed by atoms with Gasteiger partial charge >= 0.3 is 0 Å². The highest BCUT2D eigenvalue weighted by Crippen LogP contribution is 2.40. The number of rotatable bonds is 8. The first-order valence-electron chi connectivity index (χ1n) is 13.1. The largest absolute Gasteiger partial charge is 0.383 e. The number of likely N-dealkylation sites (N-methyl/N-ethyl adjacent to an activating group) is 1. The van der Waals surface area contributed by atoms with Gasteiger partial charge in [-0.2, -0.15) is 5.10 Å². The monoisotopic (exact) mass is 487 g/mol. The fourth-order valence-electron chi connectivity index (χ4n) is 5.69. The van der Waals surface area contributed by atoms with Gasteiger partial charge in [-0.05, 0) is 62.1 Å². The van der Waals surface area contributed by atoms with Crippen molar-refractivity contribution in [2.75, 3.05) is 27.3 Å².